The number of aryl methyl sites for hydroxylation is 4. The maximum absolute atomic E-state index is 2.30. The SMILES string of the molecule is Cc1cc(C)c([Si]CCc2ccccc2)c(C)c1. The van der Waals surface area contributed by atoms with E-state index in [4.69, 9.17) is 0 Å². The Bertz CT molecular complexity index is 491. The first kappa shape index (κ1) is 13.1. The average Bonchev–Trinajstić information content (AvgIpc) is 2.34. The molecule has 0 spiro atoms. The van der Waals surface area contributed by atoms with Crippen LogP contribution in [0.4, 0.5) is 0 Å². The molecule has 92 valence electrons. The van der Waals surface area contributed by atoms with Crippen molar-refractivity contribution in [2.75, 3.05) is 0 Å². The van der Waals surface area contributed by atoms with Crippen molar-refractivity contribution >= 4 is 14.7 Å². The third-order valence-electron chi connectivity index (χ3n) is 3.24. The zero-order valence-electron chi connectivity index (χ0n) is 11.5. The van der Waals surface area contributed by atoms with E-state index in [2.05, 4.69) is 63.2 Å². The van der Waals surface area contributed by atoms with Crippen LogP contribution in [0.2, 0.25) is 6.04 Å². The summed E-state index contributed by atoms with van der Waals surface area (Å²) in [6.07, 6.45) is 1.19. The van der Waals surface area contributed by atoms with Crippen molar-refractivity contribution in [3.63, 3.8) is 0 Å². The first-order chi connectivity index (χ1) is 8.66. The van der Waals surface area contributed by atoms with Crippen LogP contribution in [0, 0.1) is 20.8 Å². The topological polar surface area (TPSA) is 0 Å². The van der Waals surface area contributed by atoms with Crippen molar-refractivity contribution in [3.8, 4) is 0 Å². The fraction of sp³-hybridized carbons (Fsp3) is 0.294. The molecule has 18 heavy (non-hydrogen) atoms. The lowest BCUT2D eigenvalue weighted by atomic mass is 10.1. The maximum atomic E-state index is 2.30. The van der Waals surface area contributed by atoms with E-state index in [-0.39, 0.29) is 0 Å². The smallest absolute Gasteiger partial charge is 0.0622 e. The second kappa shape index (κ2) is 6.01. The van der Waals surface area contributed by atoms with E-state index in [1.54, 1.807) is 5.19 Å². The highest BCUT2D eigenvalue weighted by Gasteiger charge is 2.04. The third kappa shape index (κ3) is 3.33. The summed E-state index contributed by atoms with van der Waals surface area (Å²) in [6, 6.07) is 16.6. The van der Waals surface area contributed by atoms with Crippen molar-refractivity contribution in [3.05, 3.63) is 64.7 Å². The number of hydrogen-bond donors (Lipinski definition) is 0. The normalized spacial score (nSPS) is 10.6. The lowest BCUT2D eigenvalue weighted by Crippen LogP contribution is -2.21. The Kier molecular flexibility index (Phi) is 4.37. The van der Waals surface area contributed by atoms with Gasteiger partial charge in [-0.15, -0.1) is 0 Å². The van der Waals surface area contributed by atoms with Crippen LogP contribution in [-0.2, 0) is 6.42 Å². The van der Waals surface area contributed by atoms with Crippen molar-refractivity contribution in [2.24, 2.45) is 0 Å². The summed E-state index contributed by atoms with van der Waals surface area (Å²) in [7, 11) is 0.924. The van der Waals surface area contributed by atoms with Crippen molar-refractivity contribution in [1.29, 1.82) is 0 Å². The molecule has 0 fully saturated rings. The van der Waals surface area contributed by atoms with Crippen LogP contribution in [0.5, 0.6) is 0 Å². The zero-order valence-corrected chi connectivity index (χ0v) is 12.5. The molecule has 0 amide bonds. The molecule has 2 rings (SSSR count). The molecule has 2 radical (unpaired) electrons. The Labute approximate surface area is 113 Å². The standard InChI is InChI=1S/C17H20Si/c1-13-11-14(2)17(15(3)12-13)18-10-9-16-7-5-4-6-8-16/h4-8,11-12H,9-10H2,1-3H3. The van der Waals surface area contributed by atoms with E-state index in [0.717, 1.165) is 9.52 Å². The second-order valence-electron chi connectivity index (χ2n) is 4.94. The monoisotopic (exact) mass is 252 g/mol. The molecule has 0 saturated carbocycles. The Balaban J connectivity index is 1.99. The average molecular weight is 252 g/mol. The summed E-state index contributed by atoms with van der Waals surface area (Å²) in [5.74, 6) is 0. The fourth-order valence-electron chi connectivity index (χ4n) is 2.44. The summed E-state index contributed by atoms with van der Waals surface area (Å²) < 4.78 is 0. The van der Waals surface area contributed by atoms with Crippen LogP contribution >= 0.6 is 0 Å². The fourth-order valence-corrected chi connectivity index (χ4v) is 3.80. The zero-order chi connectivity index (χ0) is 13.0. The molecule has 0 aliphatic heterocycles. The predicted molar refractivity (Wildman–Crippen MR) is 81.0 cm³/mol. The largest absolute Gasteiger partial charge is 0.0818 e. The summed E-state index contributed by atoms with van der Waals surface area (Å²) in [5.41, 5.74) is 5.74. The van der Waals surface area contributed by atoms with E-state index < -0.39 is 0 Å². The van der Waals surface area contributed by atoms with Crippen molar-refractivity contribution in [1.82, 2.24) is 0 Å². The summed E-state index contributed by atoms with van der Waals surface area (Å²) in [5, 5.41) is 1.57. The lowest BCUT2D eigenvalue weighted by Gasteiger charge is -2.10. The molecule has 2 aromatic rings. The molecule has 2 aromatic carbocycles. The molecule has 0 saturated heterocycles. The van der Waals surface area contributed by atoms with Crippen LogP contribution in [0.3, 0.4) is 0 Å². The van der Waals surface area contributed by atoms with Gasteiger partial charge in [-0.05, 0) is 32.8 Å². The number of rotatable bonds is 4. The highest BCUT2D eigenvalue weighted by Crippen LogP contribution is 2.07. The van der Waals surface area contributed by atoms with Gasteiger partial charge in [0.05, 0.1) is 9.52 Å². The van der Waals surface area contributed by atoms with Gasteiger partial charge >= 0.3 is 0 Å². The van der Waals surface area contributed by atoms with Gasteiger partial charge < -0.3 is 0 Å². The Morgan fingerprint density at radius 2 is 1.50 bits per heavy atom. The molecule has 0 aliphatic rings. The first-order valence-electron chi connectivity index (χ1n) is 6.52. The van der Waals surface area contributed by atoms with Gasteiger partial charge in [-0.3, -0.25) is 0 Å². The van der Waals surface area contributed by atoms with E-state index in [9.17, 15) is 0 Å². The quantitative estimate of drug-likeness (QED) is 0.729. The second-order valence-corrected chi connectivity index (χ2v) is 6.29. The predicted octanol–water partition coefficient (Wildman–Crippen LogP) is 3.60. The number of benzene rings is 2. The summed E-state index contributed by atoms with van der Waals surface area (Å²) in [6.45, 7) is 6.66. The lowest BCUT2D eigenvalue weighted by molar-refractivity contribution is 1.13. The van der Waals surface area contributed by atoms with Gasteiger partial charge in [0.2, 0.25) is 0 Å². The summed E-state index contributed by atoms with van der Waals surface area (Å²) in [4.78, 5) is 0. The van der Waals surface area contributed by atoms with Gasteiger partial charge in [-0.25, -0.2) is 0 Å². The minimum Gasteiger partial charge on any atom is -0.0622 e. The highest BCUT2D eigenvalue weighted by atomic mass is 28.2. The van der Waals surface area contributed by atoms with E-state index in [0.29, 0.717) is 0 Å². The highest BCUT2D eigenvalue weighted by molar-refractivity contribution is 6.54. The molecule has 0 bridgehead atoms. The number of hydrogen-bond acceptors (Lipinski definition) is 0. The minimum absolute atomic E-state index is 0.924. The molecule has 0 aliphatic carbocycles. The molecule has 0 N–H and O–H groups in total. The summed E-state index contributed by atoms with van der Waals surface area (Å²) >= 11 is 0. The first-order valence-corrected chi connectivity index (χ1v) is 7.73. The van der Waals surface area contributed by atoms with Gasteiger partial charge in [0.15, 0.2) is 0 Å². The van der Waals surface area contributed by atoms with Crippen LogP contribution in [0.1, 0.15) is 22.3 Å². The molecule has 0 aromatic heterocycles. The van der Waals surface area contributed by atoms with Crippen LogP contribution in [0.25, 0.3) is 0 Å². The third-order valence-corrected chi connectivity index (χ3v) is 4.88. The molecular formula is C17H20Si. The molecular weight excluding hydrogens is 232 g/mol. The van der Waals surface area contributed by atoms with Gasteiger partial charge in [0, 0.05) is 0 Å². The maximum Gasteiger partial charge on any atom is 0.0818 e. The molecule has 0 atom stereocenters. The van der Waals surface area contributed by atoms with Crippen molar-refractivity contribution < 1.29 is 0 Å². The van der Waals surface area contributed by atoms with Gasteiger partial charge in [-0.1, -0.05) is 70.4 Å². The molecule has 0 unspecified atom stereocenters. The van der Waals surface area contributed by atoms with E-state index in [1.807, 2.05) is 0 Å². The molecule has 0 heterocycles. The van der Waals surface area contributed by atoms with Gasteiger partial charge in [0.25, 0.3) is 0 Å². The van der Waals surface area contributed by atoms with E-state index in [1.165, 1.54) is 34.7 Å². The molecule has 0 nitrogen and oxygen atoms in total. The van der Waals surface area contributed by atoms with Crippen LogP contribution in [-0.4, -0.2) is 9.52 Å². The van der Waals surface area contributed by atoms with Gasteiger partial charge in [0.1, 0.15) is 0 Å². The Morgan fingerprint density at radius 3 is 2.11 bits per heavy atom. The van der Waals surface area contributed by atoms with E-state index >= 15 is 0 Å². The van der Waals surface area contributed by atoms with Crippen LogP contribution < -0.4 is 5.19 Å². The Morgan fingerprint density at radius 1 is 0.889 bits per heavy atom. The Hall–Kier alpha value is -1.34. The minimum atomic E-state index is 0.924. The molecule has 1 heteroatoms. The van der Waals surface area contributed by atoms with Crippen molar-refractivity contribution in [2.45, 2.75) is 33.2 Å². The van der Waals surface area contributed by atoms with Gasteiger partial charge in [-0.2, -0.15) is 0 Å². The van der Waals surface area contributed by atoms with Crippen LogP contribution in [0.15, 0.2) is 42.5 Å².